The van der Waals surface area contributed by atoms with E-state index < -0.39 is 0 Å². The van der Waals surface area contributed by atoms with E-state index in [0.717, 1.165) is 18.8 Å². The van der Waals surface area contributed by atoms with Crippen LogP contribution in [0.5, 0.6) is 5.75 Å². The molecule has 1 aliphatic rings. The molecular formula is C15H22N2O3. The molecule has 1 atom stereocenters. The number of likely N-dealkylation sites (N-methyl/N-ethyl adjacent to an activating group) is 1. The minimum Gasteiger partial charge on any atom is -0.494 e. The first-order chi connectivity index (χ1) is 9.70. The van der Waals surface area contributed by atoms with Gasteiger partial charge in [0.1, 0.15) is 5.75 Å². The first kappa shape index (κ1) is 14.8. The summed E-state index contributed by atoms with van der Waals surface area (Å²) in [6, 6.07) is 7.24. The van der Waals surface area contributed by atoms with E-state index in [2.05, 4.69) is 5.32 Å². The van der Waals surface area contributed by atoms with Gasteiger partial charge >= 0.3 is 0 Å². The second kappa shape index (κ2) is 7.26. The number of nitrogens with one attached hydrogen (secondary N) is 1. The lowest BCUT2D eigenvalue weighted by Crippen LogP contribution is -2.45. The van der Waals surface area contributed by atoms with Crippen molar-refractivity contribution in [2.45, 2.75) is 13.0 Å². The summed E-state index contributed by atoms with van der Waals surface area (Å²) in [5.74, 6) is 0.786. The van der Waals surface area contributed by atoms with Crippen LogP contribution in [0.15, 0.2) is 24.3 Å². The van der Waals surface area contributed by atoms with Gasteiger partial charge in [0, 0.05) is 32.2 Å². The first-order valence-corrected chi connectivity index (χ1v) is 7.01. The van der Waals surface area contributed by atoms with Crippen molar-refractivity contribution in [1.82, 2.24) is 10.2 Å². The highest BCUT2D eigenvalue weighted by atomic mass is 16.5. The van der Waals surface area contributed by atoms with E-state index >= 15 is 0 Å². The Labute approximate surface area is 119 Å². The van der Waals surface area contributed by atoms with Gasteiger partial charge in [-0.25, -0.2) is 0 Å². The summed E-state index contributed by atoms with van der Waals surface area (Å²) in [6.45, 7) is 5.53. The van der Waals surface area contributed by atoms with E-state index in [1.165, 1.54) is 0 Å². The van der Waals surface area contributed by atoms with E-state index in [0.29, 0.717) is 25.3 Å². The molecule has 0 aliphatic carbocycles. The second-order valence-corrected chi connectivity index (χ2v) is 4.84. The Morgan fingerprint density at radius 2 is 2.20 bits per heavy atom. The summed E-state index contributed by atoms with van der Waals surface area (Å²) in [5.41, 5.74) is 0.666. The molecular weight excluding hydrogens is 256 g/mol. The number of hydrogen-bond donors (Lipinski definition) is 1. The maximum Gasteiger partial charge on any atom is 0.253 e. The molecule has 0 aromatic heterocycles. The lowest BCUT2D eigenvalue weighted by atomic mass is 10.2. The highest BCUT2D eigenvalue weighted by Gasteiger charge is 2.19. The van der Waals surface area contributed by atoms with Crippen LogP contribution in [-0.2, 0) is 4.74 Å². The van der Waals surface area contributed by atoms with Crippen LogP contribution in [0.1, 0.15) is 17.3 Å². The topological polar surface area (TPSA) is 50.8 Å². The number of nitrogens with zero attached hydrogens (tertiary/aromatic N) is 1. The predicted molar refractivity (Wildman–Crippen MR) is 77.2 cm³/mol. The summed E-state index contributed by atoms with van der Waals surface area (Å²) in [4.78, 5) is 14.0. The number of carbonyl (C=O) groups excluding carboxylic acids is 1. The van der Waals surface area contributed by atoms with Crippen molar-refractivity contribution in [3.8, 4) is 5.75 Å². The van der Waals surface area contributed by atoms with Crippen molar-refractivity contribution in [3.05, 3.63) is 29.8 Å². The van der Waals surface area contributed by atoms with E-state index in [-0.39, 0.29) is 12.0 Å². The maximum absolute atomic E-state index is 12.3. The lowest BCUT2D eigenvalue weighted by Gasteiger charge is -2.28. The van der Waals surface area contributed by atoms with Gasteiger partial charge in [0.2, 0.25) is 0 Å². The van der Waals surface area contributed by atoms with Gasteiger partial charge in [-0.15, -0.1) is 0 Å². The Bertz CT molecular complexity index is 427. The first-order valence-electron chi connectivity index (χ1n) is 7.01. The number of ether oxygens (including phenoxy) is 2. The molecule has 0 bridgehead atoms. The van der Waals surface area contributed by atoms with Crippen LogP contribution in [-0.4, -0.2) is 56.8 Å². The molecule has 1 heterocycles. The highest BCUT2D eigenvalue weighted by molar-refractivity contribution is 5.94. The Morgan fingerprint density at radius 3 is 2.80 bits per heavy atom. The number of amides is 1. The van der Waals surface area contributed by atoms with Gasteiger partial charge in [-0.2, -0.15) is 0 Å². The van der Waals surface area contributed by atoms with Crippen LogP contribution in [0, 0.1) is 0 Å². The molecule has 1 fully saturated rings. The fourth-order valence-corrected chi connectivity index (χ4v) is 2.21. The maximum atomic E-state index is 12.3. The molecule has 1 aliphatic heterocycles. The molecule has 1 aromatic carbocycles. The smallest absolute Gasteiger partial charge is 0.253 e. The molecule has 1 saturated heterocycles. The van der Waals surface area contributed by atoms with Gasteiger partial charge < -0.3 is 19.7 Å². The van der Waals surface area contributed by atoms with Crippen molar-refractivity contribution in [1.29, 1.82) is 0 Å². The van der Waals surface area contributed by atoms with Gasteiger partial charge in [-0.3, -0.25) is 4.79 Å². The average Bonchev–Trinajstić information content (AvgIpc) is 2.48. The van der Waals surface area contributed by atoms with E-state index in [1.807, 2.05) is 19.1 Å². The van der Waals surface area contributed by atoms with Crippen LogP contribution < -0.4 is 10.1 Å². The third kappa shape index (κ3) is 3.95. The summed E-state index contributed by atoms with van der Waals surface area (Å²) in [7, 11) is 1.80. The van der Waals surface area contributed by atoms with Gasteiger partial charge in [-0.05, 0) is 31.2 Å². The van der Waals surface area contributed by atoms with Crippen molar-refractivity contribution in [2.24, 2.45) is 0 Å². The Morgan fingerprint density at radius 1 is 1.45 bits per heavy atom. The minimum atomic E-state index is 0.00206. The third-order valence-electron chi connectivity index (χ3n) is 3.24. The van der Waals surface area contributed by atoms with Crippen molar-refractivity contribution in [3.63, 3.8) is 0 Å². The van der Waals surface area contributed by atoms with Crippen LogP contribution in [0.2, 0.25) is 0 Å². The fraction of sp³-hybridized carbons (Fsp3) is 0.533. The van der Waals surface area contributed by atoms with Crippen LogP contribution in [0.4, 0.5) is 0 Å². The molecule has 1 aromatic rings. The standard InChI is InChI=1S/C15H22N2O3/c1-3-19-13-6-4-12(5-7-13)15(18)17(2)11-14-10-16-8-9-20-14/h4-7,14,16H,3,8-11H2,1-2H3. The molecule has 5 nitrogen and oxygen atoms in total. The van der Waals surface area contributed by atoms with Gasteiger partial charge in [0.05, 0.1) is 19.3 Å². The minimum absolute atomic E-state index is 0.00206. The average molecular weight is 278 g/mol. The van der Waals surface area contributed by atoms with Crippen molar-refractivity contribution >= 4 is 5.91 Å². The second-order valence-electron chi connectivity index (χ2n) is 4.84. The quantitative estimate of drug-likeness (QED) is 0.877. The molecule has 1 amide bonds. The Kier molecular flexibility index (Phi) is 5.38. The van der Waals surface area contributed by atoms with E-state index in [9.17, 15) is 4.79 Å². The highest BCUT2D eigenvalue weighted by Crippen LogP contribution is 2.13. The number of carbonyl (C=O) groups is 1. The van der Waals surface area contributed by atoms with Crippen molar-refractivity contribution in [2.75, 3.05) is 39.9 Å². The molecule has 1 N–H and O–H groups in total. The molecule has 0 saturated carbocycles. The normalized spacial score (nSPS) is 18.6. The van der Waals surface area contributed by atoms with Gasteiger partial charge in [0.25, 0.3) is 5.91 Å². The van der Waals surface area contributed by atoms with Crippen LogP contribution in [0.25, 0.3) is 0 Å². The lowest BCUT2D eigenvalue weighted by molar-refractivity contribution is 0.0104. The number of rotatable bonds is 5. The molecule has 2 rings (SSSR count). The zero-order valence-corrected chi connectivity index (χ0v) is 12.1. The Balaban J connectivity index is 1.91. The summed E-state index contributed by atoms with van der Waals surface area (Å²) in [6.07, 6.45) is 0.0698. The molecule has 20 heavy (non-hydrogen) atoms. The summed E-state index contributed by atoms with van der Waals surface area (Å²) < 4.78 is 11.0. The predicted octanol–water partition coefficient (Wildman–Crippen LogP) is 1.15. The van der Waals surface area contributed by atoms with E-state index in [1.54, 1.807) is 24.1 Å². The van der Waals surface area contributed by atoms with Gasteiger partial charge in [0.15, 0.2) is 0 Å². The Hall–Kier alpha value is -1.59. The van der Waals surface area contributed by atoms with Crippen LogP contribution in [0.3, 0.4) is 0 Å². The van der Waals surface area contributed by atoms with E-state index in [4.69, 9.17) is 9.47 Å². The summed E-state index contributed by atoms with van der Waals surface area (Å²) >= 11 is 0. The monoisotopic (exact) mass is 278 g/mol. The molecule has 110 valence electrons. The van der Waals surface area contributed by atoms with Crippen LogP contribution >= 0.6 is 0 Å². The fourth-order valence-electron chi connectivity index (χ4n) is 2.21. The zero-order valence-electron chi connectivity index (χ0n) is 12.1. The third-order valence-corrected chi connectivity index (χ3v) is 3.24. The van der Waals surface area contributed by atoms with Gasteiger partial charge in [-0.1, -0.05) is 0 Å². The van der Waals surface area contributed by atoms with Crippen molar-refractivity contribution < 1.29 is 14.3 Å². The molecule has 0 radical (unpaired) electrons. The number of hydrogen-bond acceptors (Lipinski definition) is 4. The zero-order chi connectivity index (χ0) is 14.4. The molecule has 1 unspecified atom stereocenters. The largest absolute Gasteiger partial charge is 0.494 e. The molecule has 0 spiro atoms. The summed E-state index contributed by atoms with van der Waals surface area (Å²) in [5, 5.41) is 3.26. The number of benzene rings is 1. The number of morpholine rings is 1. The molecule has 5 heteroatoms. The SMILES string of the molecule is CCOc1ccc(C(=O)N(C)CC2CNCCO2)cc1.